The predicted octanol–water partition coefficient (Wildman–Crippen LogP) is 7.80. The van der Waals surface area contributed by atoms with Gasteiger partial charge >= 0.3 is 0 Å². The van der Waals surface area contributed by atoms with Crippen LogP contribution in [0.1, 0.15) is 59.7 Å². The zero-order chi connectivity index (χ0) is 31.1. The Hall–Kier alpha value is -5.67. The molecule has 6 nitrogen and oxygen atoms in total. The number of hydrogen-bond donors (Lipinski definition) is 0. The summed E-state index contributed by atoms with van der Waals surface area (Å²) < 4.78 is 17.7. The lowest BCUT2D eigenvalue weighted by atomic mass is 9.95. The SMILES string of the molecule is COc1ccc(COc2cc(OCc3ccc(C#N)cc3)c(C(=O)c3ccc(C)cc3)cc2C(=O)c2ccc(C)cc2)cc1. The molecule has 0 spiro atoms. The van der Waals surface area contributed by atoms with Crippen molar-refractivity contribution in [3.8, 4) is 23.3 Å². The van der Waals surface area contributed by atoms with Crippen LogP contribution in [0.25, 0.3) is 0 Å². The summed E-state index contributed by atoms with van der Waals surface area (Å²) in [6.45, 7) is 4.23. The summed E-state index contributed by atoms with van der Waals surface area (Å²) in [5, 5.41) is 9.15. The van der Waals surface area contributed by atoms with Gasteiger partial charge in [-0.1, -0.05) is 83.9 Å². The molecule has 0 saturated heterocycles. The maximum atomic E-state index is 13.9. The van der Waals surface area contributed by atoms with E-state index in [0.29, 0.717) is 22.4 Å². The van der Waals surface area contributed by atoms with Gasteiger partial charge in [0.05, 0.1) is 29.9 Å². The zero-order valence-corrected chi connectivity index (χ0v) is 24.8. The molecule has 0 fully saturated rings. The zero-order valence-electron chi connectivity index (χ0n) is 24.8. The van der Waals surface area contributed by atoms with E-state index in [9.17, 15) is 9.59 Å². The van der Waals surface area contributed by atoms with Crippen molar-refractivity contribution in [2.24, 2.45) is 0 Å². The summed E-state index contributed by atoms with van der Waals surface area (Å²) >= 11 is 0. The van der Waals surface area contributed by atoms with Gasteiger partial charge in [-0.2, -0.15) is 5.26 Å². The largest absolute Gasteiger partial charge is 0.497 e. The van der Waals surface area contributed by atoms with Gasteiger partial charge in [0.2, 0.25) is 0 Å². The Bertz CT molecular complexity index is 1820. The van der Waals surface area contributed by atoms with Crippen LogP contribution in [0.3, 0.4) is 0 Å². The lowest BCUT2D eigenvalue weighted by Gasteiger charge is -2.18. The monoisotopic (exact) mass is 581 g/mol. The molecule has 5 aromatic carbocycles. The smallest absolute Gasteiger partial charge is 0.196 e. The van der Waals surface area contributed by atoms with Crippen LogP contribution in [-0.4, -0.2) is 18.7 Å². The first-order valence-corrected chi connectivity index (χ1v) is 14.1. The molecule has 0 N–H and O–H groups in total. The molecule has 0 radical (unpaired) electrons. The molecule has 44 heavy (non-hydrogen) atoms. The molecule has 0 amide bonds. The van der Waals surface area contributed by atoms with Crippen molar-refractivity contribution in [2.75, 3.05) is 7.11 Å². The molecule has 218 valence electrons. The fourth-order valence-corrected chi connectivity index (χ4v) is 4.60. The fraction of sp³-hybridized carbons (Fsp3) is 0.132. The number of methoxy groups -OCH3 is 1. The third kappa shape index (κ3) is 7.03. The highest BCUT2D eigenvalue weighted by molar-refractivity contribution is 6.15. The molecule has 0 aromatic heterocycles. The second kappa shape index (κ2) is 13.5. The first-order valence-electron chi connectivity index (χ1n) is 14.1. The number of carbonyl (C=O) groups is 2. The molecule has 0 atom stereocenters. The molecule has 0 bridgehead atoms. The van der Waals surface area contributed by atoms with Gasteiger partial charge in [0.1, 0.15) is 30.5 Å². The van der Waals surface area contributed by atoms with Crippen LogP contribution in [0.15, 0.2) is 109 Å². The van der Waals surface area contributed by atoms with Crippen molar-refractivity contribution in [1.29, 1.82) is 5.26 Å². The Labute approximate surface area is 257 Å². The van der Waals surface area contributed by atoms with Gasteiger partial charge < -0.3 is 14.2 Å². The number of aryl methyl sites for hydroxylation is 2. The van der Waals surface area contributed by atoms with E-state index in [1.165, 1.54) is 0 Å². The molecule has 0 saturated carbocycles. The molecule has 5 rings (SSSR count). The van der Waals surface area contributed by atoms with Crippen molar-refractivity contribution >= 4 is 11.6 Å². The summed E-state index contributed by atoms with van der Waals surface area (Å²) in [6.07, 6.45) is 0. The summed E-state index contributed by atoms with van der Waals surface area (Å²) in [7, 11) is 1.60. The van der Waals surface area contributed by atoms with Gasteiger partial charge in [-0.15, -0.1) is 0 Å². The van der Waals surface area contributed by atoms with E-state index in [1.54, 1.807) is 67.8 Å². The number of carbonyl (C=O) groups excluding carboxylic acids is 2. The molecule has 0 unspecified atom stereocenters. The third-order valence-corrected chi connectivity index (χ3v) is 7.23. The average Bonchev–Trinajstić information content (AvgIpc) is 3.06. The van der Waals surface area contributed by atoms with Gasteiger partial charge in [-0.25, -0.2) is 0 Å². The van der Waals surface area contributed by atoms with Crippen molar-refractivity contribution in [2.45, 2.75) is 27.1 Å². The molecule has 0 aliphatic heterocycles. The van der Waals surface area contributed by atoms with E-state index in [2.05, 4.69) is 6.07 Å². The highest BCUT2D eigenvalue weighted by Gasteiger charge is 2.24. The Morgan fingerprint density at radius 3 is 1.45 bits per heavy atom. The third-order valence-electron chi connectivity index (χ3n) is 7.23. The number of benzene rings is 5. The number of nitrogens with zero attached hydrogens (tertiary/aromatic N) is 1. The maximum absolute atomic E-state index is 13.9. The summed E-state index contributed by atoms with van der Waals surface area (Å²) in [4.78, 5) is 27.8. The lowest BCUT2D eigenvalue weighted by molar-refractivity contribution is 0.103. The number of ether oxygens (including phenoxy) is 3. The highest BCUT2D eigenvalue weighted by Crippen LogP contribution is 2.34. The molecular formula is C38H31NO5. The van der Waals surface area contributed by atoms with Crippen molar-refractivity contribution < 1.29 is 23.8 Å². The second-order valence-corrected chi connectivity index (χ2v) is 10.5. The van der Waals surface area contributed by atoms with Crippen LogP contribution in [0.5, 0.6) is 17.2 Å². The standard InChI is InChI=1S/C38H31NO5/c1-25-4-14-30(15-5-25)37(40)33-20-34(38(41)31-16-6-26(2)7-17-31)36(44-24-29-12-18-32(42-3)19-13-29)21-35(33)43-23-28-10-8-27(22-39)9-11-28/h4-21H,23-24H2,1-3H3. The van der Waals surface area contributed by atoms with Gasteiger partial charge in [0.25, 0.3) is 0 Å². The van der Waals surface area contributed by atoms with Crippen LogP contribution in [-0.2, 0) is 13.2 Å². The van der Waals surface area contributed by atoms with Gasteiger partial charge in [0, 0.05) is 17.2 Å². The highest BCUT2D eigenvalue weighted by atomic mass is 16.5. The van der Waals surface area contributed by atoms with E-state index in [1.807, 2.05) is 62.4 Å². The first kappa shape index (κ1) is 29.8. The summed E-state index contributed by atoms with van der Waals surface area (Å²) in [5.74, 6) is 0.749. The normalized spacial score (nSPS) is 10.5. The van der Waals surface area contributed by atoms with Crippen LogP contribution in [0.4, 0.5) is 0 Å². The van der Waals surface area contributed by atoms with Gasteiger partial charge in [-0.3, -0.25) is 9.59 Å². The van der Waals surface area contributed by atoms with E-state index in [4.69, 9.17) is 19.5 Å². The quantitative estimate of drug-likeness (QED) is 0.148. The van der Waals surface area contributed by atoms with Gasteiger partial charge in [0.15, 0.2) is 11.6 Å². The summed E-state index contributed by atoms with van der Waals surface area (Å²) in [5.41, 5.74) is 5.73. The molecule has 0 heterocycles. The molecule has 0 aliphatic carbocycles. The lowest BCUT2D eigenvalue weighted by Crippen LogP contribution is -2.12. The van der Waals surface area contributed by atoms with Crippen LogP contribution in [0.2, 0.25) is 0 Å². The van der Waals surface area contributed by atoms with Crippen molar-refractivity contribution in [3.63, 3.8) is 0 Å². The topological polar surface area (TPSA) is 85.6 Å². The molecule has 6 heteroatoms. The van der Waals surface area contributed by atoms with E-state index >= 15 is 0 Å². The van der Waals surface area contributed by atoms with Crippen LogP contribution in [0, 0.1) is 25.2 Å². The first-order chi connectivity index (χ1) is 21.3. The number of hydrogen-bond acceptors (Lipinski definition) is 6. The Morgan fingerprint density at radius 2 is 1.05 bits per heavy atom. The molecule has 5 aromatic rings. The van der Waals surface area contributed by atoms with Crippen LogP contribution < -0.4 is 14.2 Å². The summed E-state index contributed by atoms with van der Waals surface area (Å²) in [6, 6.07) is 34.3. The second-order valence-electron chi connectivity index (χ2n) is 10.5. The fourth-order valence-electron chi connectivity index (χ4n) is 4.60. The molecular weight excluding hydrogens is 550 g/mol. The Kier molecular flexibility index (Phi) is 9.17. The Morgan fingerprint density at radius 1 is 0.614 bits per heavy atom. The molecule has 0 aliphatic rings. The van der Waals surface area contributed by atoms with E-state index < -0.39 is 0 Å². The number of nitriles is 1. The maximum Gasteiger partial charge on any atom is 0.196 e. The van der Waals surface area contributed by atoms with Gasteiger partial charge in [-0.05, 0) is 55.3 Å². The minimum absolute atomic E-state index is 0.142. The predicted molar refractivity (Wildman–Crippen MR) is 168 cm³/mol. The van der Waals surface area contributed by atoms with E-state index in [-0.39, 0.29) is 41.7 Å². The van der Waals surface area contributed by atoms with Crippen molar-refractivity contribution in [1.82, 2.24) is 0 Å². The Balaban J connectivity index is 1.58. The number of ketones is 2. The van der Waals surface area contributed by atoms with Crippen LogP contribution >= 0.6 is 0 Å². The number of rotatable bonds is 11. The minimum Gasteiger partial charge on any atom is -0.497 e. The van der Waals surface area contributed by atoms with Crippen molar-refractivity contribution in [3.05, 3.63) is 159 Å². The average molecular weight is 582 g/mol. The minimum atomic E-state index is -0.278. The van der Waals surface area contributed by atoms with E-state index in [0.717, 1.165) is 28.0 Å².